The lowest BCUT2D eigenvalue weighted by atomic mass is 9.88. The van der Waals surface area contributed by atoms with Gasteiger partial charge in [-0.15, -0.1) is 0 Å². The molecule has 2 amide bonds. The average Bonchev–Trinajstić information content (AvgIpc) is 3.22. The molecule has 2 aromatic rings. The van der Waals surface area contributed by atoms with Gasteiger partial charge in [0.25, 0.3) is 5.89 Å². The van der Waals surface area contributed by atoms with E-state index in [9.17, 15) is 9.59 Å². The maximum atomic E-state index is 12.9. The molecule has 2 aliphatic rings. The number of aryl methyl sites for hydroxylation is 1. The minimum Gasteiger partial charge on any atom is -0.338 e. The van der Waals surface area contributed by atoms with Crippen molar-refractivity contribution in [1.82, 2.24) is 19.9 Å². The number of carbonyl (C=O) groups excluding carboxylic acids is 2. The first-order valence-electron chi connectivity index (χ1n) is 11.0. The largest absolute Gasteiger partial charge is 0.338 e. The van der Waals surface area contributed by atoms with Crippen molar-refractivity contribution in [2.24, 2.45) is 5.92 Å². The Balaban J connectivity index is 1.34. The Labute approximate surface area is 177 Å². The number of carbonyl (C=O) groups is 2. The summed E-state index contributed by atoms with van der Waals surface area (Å²) in [5.74, 6) is 1.25. The quantitative estimate of drug-likeness (QED) is 0.773. The summed E-state index contributed by atoms with van der Waals surface area (Å²) < 4.78 is 5.37. The van der Waals surface area contributed by atoms with Crippen LogP contribution in [0.15, 0.2) is 28.8 Å². The summed E-state index contributed by atoms with van der Waals surface area (Å²) in [6.45, 7) is 5.73. The van der Waals surface area contributed by atoms with Crippen molar-refractivity contribution in [2.75, 3.05) is 19.6 Å². The van der Waals surface area contributed by atoms with Gasteiger partial charge in [0, 0.05) is 37.2 Å². The molecule has 0 unspecified atom stereocenters. The van der Waals surface area contributed by atoms with Crippen LogP contribution in [0.25, 0.3) is 11.5 Å². The van der Waals surface area contributed by atoms with E-state index in [1.54, 1.807) is 0 Å². The van der Waals surface area contributed by atoms with E-state index in [4.69, 9.17) is 4.52 Å². The number of nitrogens with zero attached hydrogens (tertiary/aromatic N) is 4. The maximum absolute atomic E-state index is 12.9. The molecule has 1 saturated heterocycles. The second-order valence-electron chi connectivity index (χ2n) is 8.56. The first-order chi connectivity index (χ1) is 14.5. The molecule has 0 bridgehead atoms. The van der Waals surface area contributed by atoms with Crippen LogP contribution in [0.3, 0.4) is 0 Å². The first-order valence-corrected chi connectivity index (χ1v) is 11.0. The van der Waals surface area contributed by atoms with Gasteiger partial charge in [0.2, 0.25) is 11.8 Å². The summed E-state index contributed by atoms with van der Waals surface area (Å²) >= 11 is 0. The highest BCUT2D eigenvalue weighted by molar-refractivity contribution is 5.81. The minimum absolute atomic E-state index is 0.0243. The highest BCUT2D eigenvalue weighted by Crippen LogP contribution is 2.27. The van der Waals surface area contributed by atoms with Gasteiger partial charge in [-0.05, 0) is 38.3 Å². The van der Waals surface area contributed by atoms with Gasteiger partial charge in [-0.3, -0.25) is 9.59 Å². The van der Waals surface area contributed by atoms with Crippen LogP contribution in [0.2, 0.25) is 0 Å². The Morgan fingerprint density at radius 2 is 1.90 bits per heavy atom. The SMILES string of the molecule is Cc1ccccc1-c1nc(CC(=O)N2CCN(C(=O)C3CCCCC3)[C@H](C)C2)no1. The Bertz CT molecular complexity index is 903. The van der Waals surface area contributed by atoms with E-state index in [0.717, 1.165) is 36.8 Å². The smallest absolute Gasteiger partial charge is 0.258 e. The summed E-state index contributed by atoms with van der Waals surface area (Å²) in [4.78, 5) is 33.9. The van der Waals surface area contributed by atoms with Crippen molar-refractivity contribution in [3.63, 3.8) is 0 Å². The molecule has 1 atom stereocenters. The van der Waals surface area contributed by atoms with Crippen LogP contribution < -0.4 is 0 Å². The summed E-state index contributed by atoms with van der Waals surface area (Å²) in [7, 11) is 0. The summed E-state index contributed by atoms with van der Waals surface area (Å²) in [5.41, 5.74) is 1.93. The van der Waals surface area contributed by atoms with Crippen molar-refractivity contribution in [3.8, 4) is 11.5 Å². The summed E-state index contributed by atoms with van der Waals surface area (Å²) in [6.07, 6.45) is 5.66. The highest BCUT2D eigenvalue weighted by Gasteiger charge is 2.34. The Morgan fingerprint density at radius 3 is 2.63 bits per heavy atom. The molecular weight excluding hydrogens is 380 g/mol. The zero-order chi connectivity index (χ0) is 21.1. The normalized spacial score (nSPS) is 20.4. The predicted molar refractivity (Wildman–Crippen MR) is 113 cm³/mol. The molecule has 7 nitrogen and oxygen atoms in total. The molecule has 2 fully saturated rings. The zero-order valence-corrected chi connectivity index (χ0v) is 17.8. The van der Waals surface area contributed by atoms with E-state index in [1.165, 1.54) is 6.42 Å². The molecule has 1 aliphatic carbocycles. The fourth-order valence-corrected chi connectivity index (χ4v) is 4.59. The molecule has 2 heterocycles. The standard InChI is InChI=1S/C23H30N4O3/c1-16-8-6-7-11-19(16)22-24-20(25-30-22)14-21(28)26-12-13-27(17(2)15-26)23(29)18-9-4-3-5-10-18/h6-8,11,17-18H,3-5,9-10,12-15H2,1-2H3/t17-/m1/s1. The molecule has 1 saturated carbocycles. The Hall–Kier alpha value is -2.70. The van der Waals surface area contributed by atoms with E-state index in [1.807, 2.05) is 47.9 Å². The van der Waals surface area contributed by atoms with Crippen molar-refractivity contribution >= 4 is 11.8 Å². The topological polar surface area (TPSA) is 79.5 Å². The van der Waals surface area contributed by atoms with Crippen LogP contribution in [-0.2, 0) is 16.0 Å². The van der Waals surface area contributed by atoms with Gasteiger partial charge in [0.1, 0.15) is 0 Å². The molecule has 7 heteroatoms. The Kier molecular flexibility index (Phi) is 6.16. The van der Waals surface area contributed by atoms with Crippen molar-refractivity contribution in [1.29, 1.82) is 0 Å². The number of piperazine rings is 1. The number of benzene rings is 1. The minimum atomic E-state index is -0.0243. The zero-order valence-electron chi connectivity index (χ0n) is 17.8. The van der Waals surface area contributed by atoms with E-state index < -0.39 is 0 Å². The van der Waals surface area contributed by atoms with Gasteiger partial charge in [-0.1, -0.05) is 42.6 Å². The average molecular weight is 411 g/mol. The fourth-order valence-electron chi connectivity index (χ4n) is 4.59. The monoisotopic (exact) mass is 410 g/mol. The molecule has 30 heavy (non-hydrogen) atoms. The molecule has 1 aromatic carbocycles. The number of hydrogen-bond acceptors (Lipinski definition) is 5. The molecule has 160 valence electrons. The summed E-state index contributed by atoms with van der Waals surface area (Å²) in [5, 5.41) is 3.99. The van der Waals surface area contributed by atoms with Crippen LogP contribution >= 0.6 is 0 Å². The number of amides is 2. The maximum Gasteiger partial charge on any atom is 0.258 e. The van der Waals surface area contributed by atoms with Gasteiger partial charge in [0.15, 0.2) is 5.82 Å². The molecular formula is C23H30N4O3. The van der Waals surface area contributed by atoms with E-state index >= 15 is 0 Å². The lowest BCUT2D eigenvalue weighted by Crippen LogP contribution is -2.57. The van der Waals surface area contributed by atoms with Crippen LogP contribution in [0.1, 0.15) is 50.4 Å². The first kappa shape index (κ1) is 20.6. The highest BCUT2D eigenvalue weighted by atomic mass is 16.5. The fraction of sp³-hybridized carbons (Fsp3) is 0.565. The van der Waals surface area contributed by atoms with Gasteiger partial charge in [-0.25, -0.2) is 0 Å². The molecule has 4 rings (SSSR count). The lowest BCUT2D eigenvalue weighted by Gasteiger charge is -2.41. The van der Waals surface area contributed by atoms with Gasteiger partial charge in [0.05, 0.1) is 6.42 Å². The second-order valence-corrected chi connectivity index (χ2v) is 8.56. The lowest BCUT2D eigenvalue weighted by molar-refractivity contribution is -0.145. The van der Waals surface area contributed by atoms with E-state index in [0.29, 0.717) is 31.3 Å². The predicted octanol–water partition coefficient (Wildman–Crippen LogP) is 3.23. The van der Waals surface area contributed by atoms with E-state index in [-0.39, 0.29) is 30.2 Å². The second kappa shape index (κ2) is 8.98. The third-order valence-corrected chi connectivity index (χ3v) is 6.37. The van der Waals surface area contributed by atoms with Crippen molar-refractivity contribution in [2.45, 2.75) is 58.4 Å². The molecule has 0 radical (unpaired) electrons. The molecule has 1 aliphatic heterocycles. The van der Waals surface area contributed by atoms with Gasteiger partial charge >= 0.3 is 0 Å². The Morgan fingerprint density at radius 1 is 1.13 bits per heavy atom. The van der Waals surface area contributed by atoms with Crippen LogP contribution in [0.4, 0.5) is 0 Å². The third-order valence-electron chi connectivity index (χ3n) is 6.37. The summed E-state index contributed by atoms with van der Waals surface area (Å²) in [6, 6.07) is 7.83. The van der Waals surface area contributed by atoms with Crippen molar-refractivity contribution < 1.29 is 14.1 Å². The van der Waals surface area contributed by atoms with Gasteiger partial charge in [-0.2, -0.15) is 4.98 Å². The number of hydrogen-bond donors (Lipinski definition) is 0. The van der Waals surface area contributed by atoms with Crippen molar-refractivity contribution in [3.05, 3.63) is 35.7 Å². The molecule has 1 aromatic heterocycles. The number of rotatable bonds is 4. The third kappa shape index (κ3) is 4.40. The van der Waals surface area contributed by atoms with Crippen LogP contribution in [-0.4, -0.2) is 57.4 Å². The van der Waals surface area contributed by atoms with Crippen LogP contribution in [0.5, 0.6) is 0 Å². The number of aromatic nitrogens is 2. The molecule has 0 spiro atoms. The van der Waals surface area contributed by atoms with E-state index in [2.05, 4.69) is 10.1 Å². The van der Waals surface area contributed by atoms with Gasteiger partial charge < -0.3 is 14.3 Å². The van der Waals surface area contributed by atoms with Crippen LogP contribution in [0, 0.1) is 12.8 Å². The molecule has 0 N–H and O–H groups in total.